The van der Waals surface area contributed by atoms with Crippen LogP contribution in [0.3, 0.4) is 0 Å². The van der Waals surface area contributed by atoms with Gasteiger partial charge in [0, 0.05) is 32.7 Å². The fourth-order valence-corrected chi connectivity index (χ4v) is 1.22. The second-order valence-electron chi connectivity index (χ2n) is 2.80. The van der Waals surface area contributed by atoms with Gasteiger partial charge in [-0.05, 0) is 0 Å². The molecule has 0 radical (unpaired) electrons. The molecule has 0 aromatic heterocycles. The zero-order valence-corrected chi connectivity index (χ0v) is 6.75. The molecular weight excluding hydrogens is 144 g/mol. The molecule has 1 aliphatic rings. The van der Waals surface area contributed by atoms with Crippen LogP contribution in [0.1, 0.15) is 6.42 Å². The van der Waals surface area contributed by atoms with Gasteiger partial charge in [0.05, 0.1) is 6.61 Å². The van der Waals surface area contributed by atoms with Crippen LogP contribution in [0.2, 0.25) is 0 Å². The summed E-state index contributed by atoms with van der Waals surface area (Å²) in [5.41, 5.74) is 5.58. The highest BCUT2D eigenvalue weighted by Crippen LogP contribution is 2.07. The Morgan fingerprint density at radius 1 is 1.82 bits per heavy atom. The Kier molecular flexibility index (Phi) is 2.84. The fraction of sp³-hybridized carbons (Fsp3) is 0.857. The molecule has 1 heterocycles. The minimum absolute atomic E-state index is 0.0272. The monoisotopic (exact) mass is 158 g/mol. The molecule has 1 saturated heterocycles. The average Bonchev–Trinajstić information content (AvgIpc) is 2.26. The Morgan fingerprint density at radius 2 is 2.55 bits per heavy atom. The Morgan fingerprint density at radius 3 is 3.00 bits per heavy atom. The Balaban J connectivity index is 2.29. The molecule has 1 atom stereocenters. The van der Waals surface area contributed by atoms with E-state index in [1.165, 1.54) is 0 Å². The molecule has 0 spiro atoms. The van der Waals surface area contributed by atoms with E-state index in [0.29, 0.717) is 26.1 Å². The van der Waals surface area contributed by atoms with Gasteiger partial charge in [-0.2, -0.15) is 0 Å². The number of nitrogens with zero attached hydrogens (tertiary/aromatic N) is 1. The van der Waals surface area contributed by atoms with Crippen LogP contribution in [0.5, 0.6) is 0 Å². The van der Waals surface area contributed by atoms with Gasteiger partial charge >= 0.3 is 0 Å². The quantitative estimate of drug-likeness (QED) is 0.584. The topological polar surface area (TPSA) is 55.6 Å². The third-order valence-electron chi connectivity index (χ3n) is 1.81. The number of methoxy groups -OCH3 is 1. The molecule has 0 aromatic carbocycles. The lowest BCUT2D eigenvalue weighted by Gasteiger charge is -2.14. The average molecular weight is 158 g/mol. The number of nitrogens with two attached hydrogens (primary N) is 1. The molecule has 4 heteroatoms. The largest absolute Gasteiger partial charge is 0.383 e. The lowest BCUT2D eigenvalue weighted by atomic mass is 10.3. The maximum atomic E-state index is 11.1. The van der Waals surface area contributed by atoms with Gasteiger partial charge in [-0.1, -0.05) is 0 Å². The van der Waals surface area contributed by atoms with Gasteiger partial charge in [0.2, 0.25) is 5.91 Å². The molecule has 11 heavy (non-hydrogen) atoms. The van der Waals surface area contributed by atoms with Crippen molar-refractivity contribution in [2.75, 3.05) is 26.8 Å². The molecule has 0 aliphatic carbocycles. The van der Waals surface area contributed by atoms with Crippen LogP contribution in [0.15, 0.2) is 0 Å². The smallest absolute Gasteiger partial charge is 0.224 e. The summed E-state index contributed by atoms with van der Waals surface area (Å²) in [5.74, 6) is 0.148. The number of likely N-dealkylation sites (tertiary alicyclic amines) is 1. The summed E-state index contributed by atoms with van der Waals surface area (Å²) in [5, 5.41) is 0. The second kappa shape index (κ2) is 3.69. The molecule has 2 N–H and O–H groups in total. The first-order chi connectivity index (χ1) is 5.24. The molecule has 64 valence electrons. The SMILES string of the molecule is COCCN1C[C@@H](N)CC1=O. The van der Waals surface area contributed by atoms with E-state index >= 15 is 0 Å². The first kappa shape index (κ1) is 8.49. The number of hydrogen-bond acceptors (Lipinski definition) is 3. The summed E-state index contributed by atoms with van der Waals surface area (Å²) in [4.78, 5) is 12.8. The van der Waals surface area contributed by atoms with E-state index in [0.717, 1.165) is 0 Å². The Bertz CT molecular complexity index is 149. The fourth-order valence-electron chi connectivity index (χ4n) is 1.22. The molecule has 0 bridgehead atoms. The number of amides is 1. The first-order valence-corrected chi connectivity index (χ1v) is 3.76. The Labute approximate surface area is 66.3 Å². The van der Waals surface area contributed by atoms with Crippen molar-refractivity contribution in [1.82, 2.24) is 4.90 Å². The molecule has 0 unspecified atom stereocenters. The van der Waals surface area contributed by atoms with Gasteiger partial charge in [-0.25, -0.2) is 0 Å². The summed E-state index contributed by atoms with van der Waals surface area (Å²) in [6.07, 6.45) is 0.490. The van der Waals surface area contributed by atoms with Crippen molar-refractivity contribution >= 4 is 5.91 Å². The van der Waals surface area contributed by atoms with E-state index in [9.17, 15) is 4.79 Å². The molecule has 1 amide bonds. The van der Waals surface area contributed by atoms with Gasteiger partial charge in [0.1, 0.15) is 0 Å². The second-order valence-corrected chi connectivity index (χ2v) is 2.80. The van der Waals surface area contributed by atoms with Crippen molar-refractivity contribution in [2.45, 2.75) is 12.5 Å². The maximum absolute atomic E-state index is 11.1. The van der Waals surface area contributed by atoms with Crippen LogP contribution in [0.25, 0.3) is 0 Å². The zero-order valence-electron chi connectivity index (χ0n) is 6.75. The summed E-state index contributed by atoms with van der Waals surface area (Å²) < 4.78 is 4.85. The van der Waals surface area contributed by atoms with Gasteiger partial charge < -0.3 is 15.4 Å². The van der Waals surface area contributed by atoms with E-state index in [2.05, 4.69) is 0 Å². The third kappa shape index (κ3) is 2.17. The number of carbonyl (C=O) groups is 1. The lowest BCUT2D eigenvalue weighted by Crippen LogP contribution is -2.31. The van der Waals surface area contributed by atoms with Crippen LogP contribution in [-0.4, -0.2) is 43.7 Å². The summed E-state index contributed by atoms with van der Waals surface area (Å²) in [6.45, 7) is 1.95. The molecule has 1 fully saturated rings. The maximum Gasteiger partial charge on any atom is 0.224 e. The molecule has 4 nitrogen and oxygen atoms in total. The van der Waals surface area contributed by atoms with E-state index in [4.69, 9.17) is 10.5 Å². The molecule has 0 saturated carbocycles. The minimum Gasteiger partial charge on any atom is -0.383 e. The van der Waals surface area contributed by atoms with Crippen molar-refractivity contribution in [3.8, 4) is 0 Å². The van der Waals surface area contributed by atoms with E-state index < -0.39 is 0 Å². The predicted octanol–water partition coefficient (Wildman–Crippen LogP) is -0.808. The summed E-state index contributed by atoms with van der Waals surface area (Å²) in [6, 6.07) is 0.0272. The van der Waals surface area contributed by atoms with Crippen molar-refractivity contribution in [3.63, 3.8) is 0 Å². The molecule has 0 aromatic rings. The highest BCUT2D eigenvalue weighted by Gasteiger charge is 2.25. The van der Waals surface area contributed by atoms with Crippen LogP contribution in [0, 0.1) is 0 Å². The highest BCUT2D eigenvalue weighted by atomic mass is 16.5. The molecule has 1 aliphatic heterocycles. The number of hydrogen-bond donors (Lipinski definition) is 1. The van der Waals surface area contributed by atoms with Crippen LogP contribution in [-0.2, 0) is 9.53 Å². The number of ether oxygens (including phenoxy) is 1. The lowest BCUT2D eigenvalue weighted by molar-refractivity contribution is -0.128. The first-order valence-electron chi connectivity index (χ1n) is 3.76. The van der Waals surface area contributed by atoms with E-state index in [1.54, 1.807) is 12.0 Å². The number of rotatable bonds is 3. The Hall–Kier alpha value is -0.610. The summed E-state index contributed by atoms with van der Waals surface area (Å²) in [7, 11) is 1.63. The van der Waals surface area contributed by atoms with Gasteiger partial charge in [-0.15, -0.1) is 0 Å². The molecular formula is C7H14N2O2. The van der Waals surface area contributed by atoms with Gasteiger partial charge in [-0.3, -0.25) is 4.79 Å². The zero-order chi connectivity index (χ0) is 8.27. The standard InChI is InChI=1S/C7H14N2O2/c1-11-3-2-9-5-6(8)4-7(9)10/h6H,2-5,8H2,1H3/t6-/m0/s1. The summed E-state index contributed by atoms with van der Waals surface area (Å²) >= 11 is 0. The van der Waals surface area contributed by atoms with Gasteiger partial charge in [0.15, 0.2) is 0 Å². The van der Waals surface area contributed by atoms with Crippen molar-refractivity contribution in [1.29, 1.82) is 0 Å². The highest BCUT2D eigenvalue weighted by molar-refractivity contribution is 5.79. The van der Waals surface area contributed by atoms with Crippen LogP contribution >= 0.6 is 0 Å². The molecule has 1 rings (SSSR count). The van der Waals surface area contributed by atoms with Crippen LogP contribution in [0.4, 0.5) is 0 Å². The normalized spacial score (nSPS) is 24.7. The van der Waals surface area contributed by atoms with Crippen molar-refractivity contribution in [3.05, 3.63) is 0 Å². The van der Waals surface area contributed by atoms with Gasteiger partial charge in [0.25, 0.3) is 0 Å². The van der Waals surface area contributed by atoms with Crippen molar-refractivity contribution < 1.29 is 9.53 Å². The minimum atomic E-state index is 0.0272. The predicted molar refractivity (Wildman–Crippen MR) is 41.0 cm³/mol. The van der Waals surface area contributed by atoms with E-state index in [-0.39, 0.29) is 11.9 Å². The number of carbonyl (C=O) groups excluding carboxylic acids is 1. The third-order valence-corrected chi connectivity index (χ3v) is 1.81. The van der Waals surface area contributed by atoms with E-state index in [1.807, 2.05) is 0 Å². The van der Waals surface area contributed by atoms with Crippen molar-refractivity contribution in [2.24, 2.45) is 5.73 Å². The van der Waals surface area contributed by atoms with Crippen LogP contribution < -0.4 is 5.73 Å².